The summed E-state index contributed by atoms with van der Waals surface area (Å²) in [5, 5.41) is 9.01. The van der Waals surface area contributed by atoms with Crippen molar-refractivity contribution in [3.63, 3.8) is 0 Å². The zero-order valence-electron chi connectivity index (χ0n) is 10.5. The minimum Gasteiger partial charge on any atom is -0.486 e. The van der Waals surface area contributed by atoms with Gasteiger partial charge in [-0.25, -0.2) is 0 Å². The van der Waals surface area contributed by atoms with Crippen molar-refractivity contribution < 1.29 is 19.4 Å². The van der Waals surface area contributed by atoms with Gasteiger partial charge in [0.1, 0.15) is 13.2 Å². The van der Waals surface area contributed by atoms with Gasteiger partial charge in [-0.05, 0) is 30.2 Å². The third-order valence-electron chi connectivity index (χ3n) is 3.22. The lowest BCUT2D eigenvalue weighted by molar-refractivity contribution is -0.141. The molecule has 5 nitrogen and oxygen atoms in total. The Balaban J connectivity index is 2.36. The summed E-state index contributed by atoms with van der Waals surface area (Å²) in [6.07, 6.45) is 0. The van der Waals surface area contributed by atoms with E-state index in [-0.39, 0.29) is 0 Å². The Morgan fingerprint density at radius 3 is 2.44 bits per heavy atom. The molecular formula is C13H17NO4. The standard InChI is InChI=1S/C13H17NO4/c1-7-5-10-11(18-4-3-17-10)6-9(7)12(14)8(2)13(15)16/h5-6,8,12H,3-4,14H2,1-2H3,(H,15,16). The molecule has 18 heavy (non-hydrogen) atoms. The molecule has 2 unspecified atom stereocenters. The van der Waals surface area contributed by atoms with Crippen molar-refractivity contribution in [2.45, 2.75) is 19.9 Å². The molecule has 1 heterocycles. The van der Waals surface area contributed by atoms with Gasteiger partial charge in [0.2, 0.25) is 0 Å². The van der Waals surface area contributed by atoms with Gasteiger partial charge in [-0.1, -0.05) is 6.92 Å². The van der Waals surface area contributed by atoms with Crippen LogP contribution in [0.3, 0.4) is 0 Å². The highest BCUT2D eigenvalue weighted by atomic mass is 16.6. The van der Waals surface area contributed by atoms with E-state index in [0.717, 1.165) is 11.1 Å². The van der Waals surface area contributed by atoms with Crippen LogP contribution in [0.15, 0.2) is 12.1 Å². The molecule has 1 aliphatic rings. The number of aryl methyl sites for hydroxylation is 1. The summed E-state index contributed by atoms with van der Waals surface area (Å²) in [6.45, 7) is 4.52. The summed E-state index contributed by atoms with van der Waals surface area (Å²) in [6, 6.07) is 3.07. The quantitative estimate of drug-likeness (QED) is 0.850. The van der Waals surface area contributed by atoms with Crippen LogP contribution < -0.4 is 15.2 Å². The molecular weight excluding hydrogens is 234 g/mol. The molecule has 1 aromatic carbocycles. The lowest BCUT2D eigenvalue weighted by atomic mass is 9.92. The van der Waals surface area contributed by atoms with Crippen LogP contribution >= 0.6 is 0 Å². The van der Waals surface area contributed by atoms with Gasteiger partial charge in [0.05, 0.1) is 5.92 Å². The maximum Gasteiger partial charge on any atom is 0.308 e. The van der Waals surface area contributed by atoms with E-state index in [1.807, 2.05) is 13.0 Å². The van der Waals surface area contributed by atoms with Gasteiger partial charge in [-0.15, -0.1) is 0 Å². The van der Waals surface area contributed by atoms with Crippen molar-refractivity contribution in [2.24, 2.45) is 11.7 Å². The molecule has 5 heteroatoms. The van der Waals surface area contributed by atoms with Crippen LogP contribution in [0.5, 0.6) is 11.5 Å². The normalized spacial score (nSPS) is 17.1. The SMILES string of the molecule is Cc1cc2c(cc1C(N)C(C)C(=O)O)OCCO2. The fourth-order valence-electron chi connectivity index (χ4n) is 1.99. The molecule has 0 amide bonds. The minimum absolute atomic E-state index is 0.499. The first kappa shape index (κ1) is 12.7. The molecule has 98 valence electrons. The Morgan fingerprint density at radius 1 is 1.33 bits per heavy atom. The maximum atomic E-state index is 11.0. The molecule has 0 aliphatic carbocycles. The third-order valence-corrected chi connectivity index (χ3v) is 3.22. The Hall–Kier alpha value is -1.75. The average Bonchev–Trinajstić information content (AvgIpc) is 2.36. The molecule has 2 atom stereocenters. The van der Waals surface area contributed by atoms with E-state index in [1.165, 1.54) is 0 Å². The van der Waals surface area contributed by atoms with Crippen LogP contribution in [0.2, 0.25) is 0 Å². The van der Waals surface area contributed by atoms with E-state index in [4.69, 9.17) is 20.3 Å². The summed E-state index contributed by atoms with van der Waals surface area (Å²) in [7, 11) is 0. The number of rotatable bonds is 3. The van der Waals surface area contributed by atoms with Gasteiger partial charge in [-0.3, -0.25) is 4.79 Å². The first-order chi connectivity index (χ1) is 8.50. The van der Waals surface area contributed by atoms with E-state index < -0.39 is 17.9 Å². The summed E-state index contributed by atoms with van der Waals surface area (Å²) < 4.78 is 10.9. The fraction of sp³-hybridized carbons (Fsp3) is 0.462. The van der Waals surface area contributed by atoms with E-state index >= 15 is 0 Å². The molecule has 1 aliphatic heterocycles. The minimum atomic E-state index is -0.906. The van der Waals surface area contributed by atoms with Crippen LogP contribution in [0.25, 0.3) is 0 Å². The molecule has 0 bridgehead atoms. The highest BCUT2D eigenvalue weighted by Gasteiger charge is 2.25. The van der Waals surface area contributed by atoms with Gasteiger partial charge in [0.15, 0.2) is 11.5 Å². The number of fused-ring (bicyclic) bond motifs is 1. The van der Waals surface area contributed by atoms with Crippen molar-refractivity contribution in [2.75, 3.05) is 13.2 Å². The second-order valence-electron chi connectivity index (χ2n) is 4.51. The second kappa shape index (κ2) is 4.86. The molecule has 0 saturated heterocycles. The summed E-state index contributed by atoms with van der Waals surface area (Å²) >= 11 is 0. The lowest BCUT2D eigenvalue weighted by Gasteiger charge is -2.23. The highest BCUT2D eigenvalue weighted by molar-refractivity contribution is 5.71. The van der Waals surface area contributed by atoms with Crippen molar-refractivity contribution in [3.8, 4) is 11.5 Å². The molecule has 0 aromatic heterocycles. The smallest absolute Gasteiger partial charge is 0.308 e. The Morgan fingerprint density at radius 2 is 1.89 bits per heavy atom. The highest BCUT2D eigenvalue weighted by Crippen LogP contribution is 2.36. The van der Waals surface area contributed by atoms with Crippen molar-refractivity contribution in [3.05, 3.63) is 23.3 Å². The van der Waals surface area contributed by atoms with Gasteiger partial charge in [-0.2, -0.15) is 0 Å². The average molecular weight is 251 g/mol. The Bertz CT molecular complexity index is 472. The zero-order valence-corrected chi connectivity index (χ0v) is 10.5. The van der Waals surface area contributed by atoms with Gasteiger partial charge in [0, 0.05) is 6.04 Å². The molecule has 0 saturated carbocycles. The van der Waals surface area contributed by atoms with E-state index in [1.54, 1.807) is 13.0 Å². The second-order valence-corrected chi connectivity index (χ2v) is 4.51. The number of carboxylic acids is 1. The topological polar surface area (TPSA) is 81.8 Å². The molecule has 0 spiro atoms. The number of hydrogen-bond donors (Lipinski definition) is 2. The Kier molecular flexibility index (Phi) is 3.43. The maximum absolute atomic E-state index is 11.0. The first-order valence-electron chi connectivity index (χ1n) is 5.89. The van der Waals surface area contributed by atoms with Crippen LogP contribution in [0, 0.1) is 12.8 Å². The molecule has 2 rings (SSSR count). The zero-order chi connectivity index (χ0) is 13.3. The van der Waals surface area contributed by atoms with Gasteiger partial charge >= 0.3 is 5.97 Å². The summed E-state index contributed by atoms with van der Waals surface area (Å²) in [5.41, 5.74) is 7.70. The summed E-state index contributed by atoms with van der Waals surface area (Å²) in [4.78, 5) is 11.0. The van der Waals surface area contributed by atoms with Crippen LogP contribution in [-0.2, 0) is 4.79 Å². The van der Waals surface area contributed by atoms with Crippen LogP contribution in [0.4, 0.5) is 0 Å². The van der Waals surface area contributed by atoms with Crippen LogP contribution in [-0.4, -0.2) is 24.3 Å². The summed E-state index contributed by atoms with van der Waals surface area (Å²) in [5.74, 6) is -0.226. The van der Waals surface area contributed by atoms with E-state index in [9.17, 15) is 4.79 Å². The lowest BCUT2D eigenvalue weighted by Crippen LogP contribution is -2.26. The van der Waals surface area contributed by atoms with Gasteiger partial charge < -0.3 is 20.3 Å². The molecule has 0 fully saturated rings. The number of carbonyl (C=O) groups is 1. The molecule has 1 aromatic rings. The number of benzene rings is 1. The predicted molar refractivity (Wildman–Crippen MR) is 65.9 cm³/mol. The number of ether oxygens (including phenoxy) is 2. The predicted octanol–water partition coefficient (Wildman–Crippen LogP) is 1.49. The molecule has 3 N–H and O–H groups in total. The van der Waals surface area contributed by atoms with Gasteiger partial charge in [0.25, 0.3) is 0 Å². The Labute approximate surface area is 106 Å². The van der Waals surface area contributed by atoms with E-state index in [2.05, 4.69) is 0 Å². The van der Waals surface area contributed by atoms with Crippen molar-refractivity contribution in [1.29, 1.82) is 0 Å². The van der Waals surface area contributed by atoms with Crippen molar-refractivity contribution in [1.82, 2.24) is 0 Å². The number of nitrogens with two attached hydrogens (primary N) is 1. The molecule has 0 radical (unpaired) electrons. The van der Waals surface area contributed by atoms with E-state index in [0.29, 0.717) is 24.7 Å². The number of aliphatic carboxylic acids is 1. The fourth-order valence-corrected chi connectivity index (χ4v) is 1.99. The van der Waals surface area contributed by atoms with Crippen LogP contribution in [0.1, 0.15) is 24.1 Å². The number of hydrogen-bond acceptors (Lipinski definition) is 4. The monoisotopic (exact) mass is 251 g/mol. The largest absolute Gasteiger partial charge is 0.486 e. The van der Waals surface area contributed by atoms with Crippen molar-refractivity contribution >= 4 is 5.97 Å². The first-order valence-corrected chi connectivity index (χ1v) is 5.89. The number of carboxylic acid groups (broad SMARTS) is 1. The third kappa shape index (κ3) is 2.26.